The zero-order valence-corrected chi connectivity index (χ0v) is 23.9. The summed E-state index contributed by atoms with van der Waals surface area (Å²) in [5.74, 6) is -2.28. The fourth-order valence-corrected chi connectivity index (χ4v) is 4.65. The molecule has 11 nitrogen and oxygen atoms in total. The fourth-order valence-electron chi connectivity index (χ4n) is 4.65. The Bertz CT molecular complexity index is 1700. The number of carbonyl (C=O) groups excluding carboxylic acids is 3. The molecule has 1 aromatic heterocycles. The zero-order valence-electron chi connectivity index (χ0n) is 23.9. The smallest absolute Gasteiger partial charge is 0.406 e. The van der Waals surface area contributed by atoms with Crippen LogP contribution >= 0.6 is 0 Å². The summed E-state index contributed by atoms with van der Waals surface area (Å²) in [6.07, 6.45) is -0.630. The van der Waals surface area contributed by atoms with Gasteiger partial charge in [0, 0.05) is 30.3 Å². The quantitative estimate of drug-likeness (QED) is 0.203. The maximum atomic E-state index is 15.0. The summed E-state index contributed by atoms with van der Waals surface area (Å²) in [4.78, 5) is 47.6. The molecule has 226 valence electrons. The Balaban J connectivity index is 1.57. The number of ether oxygens (including phenoxy) is 1. The van der Waals surface area contributed by atoms with E-state index in [0.29, 0.717) is 28.9 Å². The molecule has 44 heavy (non-hydrogen) atoms. The number of alkyl carbamates (subject to hydrolysis) is 1. The van der Waals surface area contributed by atoms with Crippen molar-refractivity contribution >= 4 is 35.5 Å². The second-order valence-electron chi connectivity index (χ2n) is 9.77. The third kappa shape index (κ3) is 6.41. The molecule has 13 heteroatoms. The van der Waals surface area contributed by atoms with Crippen LogP contribution in [-0.2, 0) is 17.8 Å². The van der Waals surface area contributed by atoms with Gasteiger partial charge in [0.1, 0.15) is 23.9 Å². The molecule has 0 saturated carbocycles. The lowest BCUT2D eigenvalue weighted by molar-refractivity contribution is 0.0950. The normalized spacial score (nSPS) is 12.2. The molecule has 0 aliphatic carbocycles. The molecule has 0 bridgehead atoms. The molecule has 0 saturated heterocycles. The zero-order chi connectivity index (χ0) is 31.2. The predicted molar refractivity (Wildman–Crippen MR) is 159 cm³/mol. The first-order chi connectivity index (χ1) is 21.3. The average molecular weight is 602 g/mol. The number of halogens is 2. The number of carbonyl (C=O) groups is 3. The van der Waals surface area contributed by atoms with Crippen molar-refractivity contribution in [3.8, 4) is 11.3 Å². The molecule has 5 rings (SSSR count). The van der Waals surface area contributed by atoms with E-state index in [4.69, 9.17) is 4.74 Å². The summed E-state index contributed by atoms with van der Waals surface area (Å²) in [5, 5.41) is 10.8. The van der Waals surface area contributed by atoms with Crippen LogP contribution in [0.25, 0.3) is 11.3 Å². The lowest BCUT2D eigenvalue weighted by Crippen LogP contribution is -2.43. The number of para-hydroxylation sites is 1. The number of nitrogens with one attached hydrogen (secondary N) is 4. The number of aromatic nitrogens is 2. The Morgan fingerprint density at radius 3 is 2.50 bits per heavy atom. The standard InChI is InChI=1S/C31H29F2N7O4/c1-18-11-12-20(28(41)36-16-19-7-4-3-5-8-19)15-21(18)25-22-17-37-30(42)40(26-23(32)9-6-10-24(26)33)27(22)39-29(38-25)35-13-14-44-31(43)34-2/h3-12,15H,13-14,16-17H2,1-2H3,(H,34,43)(H,36,41)(H,37,42)(H,35,38,39). The van der Waals surface area contributed by atoms with E-state index in [1.165, 1.54) is 13.1 Å². The van der Waals surface area contributed by atoms with E-state index in [-0.39, 0.29) is 37.4 Å². The minimum atomic E-state index is -0.963. The van der Waals surface area contributed by atoms with Gasteiger partial charge >= 0.3 is 12.1 Å². The van der Waals surface area contributed by atoms with Gasteiger partial charge < -0.3 is 26.0 Å². The molecule has 0 radical (unpaired) electrons. The second kappa shape index (κ2) is 13.2. The third-order valence-corrected chi connectivity index (χ3v) is 6.85. The number of nitrogens with zero attached hydrogens (tertiary/aromatic N) is 3. The highest BCUT2D eigenvalue weighted by Crippen LogP contribution is 2.39. The highest BCUT2D eigenvalue weighted by atomic mass is 19.1. The van der Waals surface area contributed by atoms with Gasteiger partial charge in [0.15, 0.2) is 5.82 Å². The van der Waals surface area contributed by atoms with Crippen molar-refractivity contribution in [1.82, 2.24) is 25.9 Å². The molecule has 4 amide bonds. The second-order valence-corrected chi connectivity index (χ2v) is 9.77. The van der Waals surface area contributed by atoms with Gasteiger partial charge in [-0.05, 0) is 42.3 Å². The number of urea groups is 1. The third-order valence-electron chi connectivity index (χ3n) is 6.85. The van der Waals surface area contributed by atoms with E-state index >= 15 is 0 Å². The molecule has 2 heterocycles. The van der Waals surface area contributed by atoms with Crippen LogP contribution in [0, 0.1) is 18.6 Å². The van der Waals surface area contributed by atoms with Crippen LogP contribution in [0.2, 0.25) is 0 Å². The summed E-state index contributed by atoms with van der Waals surface area (Å²) in [6.45, 7) is 2.16. The van der Waals surface area contributed by atoms with Crippen LogP contribution in [0.3, 0.4) is 0 Å². The van der Waals surface area contributed by atoms with Crippen molar-refractivity contribution in [2.24, 2.45) is 0 Å². The number of hydrogen-bond acceptors (Lipinski definition) is 7. The number of aryl methyl sites for hydroxylation is 1. The van der Waals surface area contributed by atoms with Gasteiger partial charge in [-0.15, -0.1) is 0 Å². The maximum absolute atomic E-state index is 15.0. The van der Waals surface area contributed by atoms with Gasteiger partial charge in [0.05, 0.1) is 18.8 Å². The van der Waals surface area contributed by atoms with Gasteiger partial charge in [-0.25, -0.2) is 28.3 Å². The Morgan fingerprint density at radius 2 is 1.77 bits per heavy atom. The molecule has 0 spiro atoms. The minimum Gasteiger partial charge on any atom is -0.448 e. The molecule has 1 aliphatic heterocycles. The van der Waals surface area contributed by atoms with Crippen LogP contribution in [0.5, 0.6) is 0 Å². The summed E-state index contributed by atoms with van der Waals surface area (Å²) in [6, 6.07) is 17.1. The monoisotopic (exact) mass is 601 g/mol. The fraction of sp³-hybridized carbons (Fsp3) is 0.194. The minimum absolute atomic E-state index is 0.00837. The van der Waals surface area contributed by atoms with Crippen molar-refractivity contribution in [2.45, 2.75) is 20.0 Å². The first-order valence-corrected chi connectivity index (χ1v) is 13.7. The summed E-state index contributed by atoms with van der Waals surface area (Å²) in [5.41, 5.74) is 2.71. The largest absolute Gasteiger partial charge is 0.448 e. The Kier molecular flexibility index (Phi) is 8.93. The number of anilines is 3. The lowest BCUT2D eigenvalue weighted by Gasteiger charge is -2.31. The molecule has 0 fully saturated rings. The Morgan fingerprint density at radius 1 is 1.02 bits per heavy atom. The van der Waals surface area contributed by atoms with Crippen LogP contribution < -0.4 is 26.2 Å². The van der Waals surface area contributed by atoms with E-state index in [1.54, 1.807) is 18.2 Å². The maximum Gasteiger partial charge on any atom is 0.406 e. The van der Waals surface area contributed by atoms with Gasteiger partial charge in [0.25, 0.3) is 5.91 Å². The van der Waals surface area contributed by atoms with Crippen molar-refractivity contribution in [3.05, 3.63) is 101 Å². The summed E-state index contributed by atoms with van der Waals surface area (Å²) < 4.78 is 34.9. The number of rotatable bonds is 9. The molecule has 1 aliphatic rings. The SMILES string of the molecule is CNC(=O)OCCNc1nc(-c2cc(C(=O)NCc3ccccc3)ccc2C)c2c(n1)N(c1c(F)cccc1F)C(=O)NC2. The molecule has 0 atom stereocenters. The number of fused-ring (bicyclic) bond motifs is 1. The van der Waals surface area contributed by atoms with Gasteiger partial charge in [-0.2, -0.15) is 4.98 Å². The highest BCUT2D eigenvalue weighted by molar-refractivity contribution is 6.02. The molecule has 0 unspecified atom stereocenters. The number of benzene rings is 3. The van der Waals surface area contributed by atoms with Crippen molar-refractivity contribution in [3.63, 3.8) is 0 Å². The average Bonchev–Trinajstić information content (AvgIpc) is 3.03. The predicted octanol–water partition coefficient (Wildman–Crippen LogP) is 4.79. The van der Waals surface area contributed by atoms with Gasteiger partial charge in [-0.1, -0.05) is 42.5 Å². The highest BCUT2D eigenvalue weighted by Gasteiger charge is 2.34. The van der Waals surface area contributed by atoms with Crippen molar-refractivity contribution < 1.29 is 27.9 Å². The van der Waals surface area contributed by atoms with Crippen molar-refractivity contribution in [2.75, 3.05) is 30.4 Å². The molecular formula is C31H29F2N7O4. The summed E-state index contributed by atoms with van der Waals surface area (Å²) >= 11 is 0. The van der Waals surface area contributed by atoms with E-state index < -0.39 is 29.4 Å². The van der Waals surface area contributed by atoms with E-state index in [9.17, 15) is 23.2 Å². The lowest BCUT2D eigenvalue weighted by atomic mass is 9.97. The Labute approximate surface area is 251 Å². The number of hydrogen-bond donors (Lipinski definition) is 4. The van der Waals surface area contributed by atoms with E-state index in [1.807, 2.05) is 37.3 Å². The number of amides is 4. The van der Waals surface area contributed by atoms with Crippen LogP contribution in [0.4, 0.5) is 35.8 Å². The van der Waals surface area contributed by atoms with Gasteiger partial charge in [-0.3, -0.25) is 4.79 Å². The topological polar surface area (TPSA) is 138 Å². The van der Waals surface area contributed by atoms with E-state index in [2.05, 4.69) is 31.2 Å². The van der Waals surface area contributed by atoms with Crippen LogP contribution in [0.1, 0.15) is 27.0 Å². The van der Waals surface area contributed by atoms with Gasteiger partial charge in [0.2, 0.25) is 5.95 Å². The van der Waals surface area contributed by atoms with Crippen LogP contribution in [0.15, 0.2) is 66.7 Å². The molecule has 4 aromatic rings. The van der Waals surface area contributed by atoms with Crippen LogP contribution in [-0.4, -0.2) is 48.2 Å². The molecular weight excluding hydrogens is 572 g/mol. The first kappa shape index (κ1) is 29.9. The van der Waals surface area contributed by atoms with E-state index in [0.717, 1.165) is 28.2 Å². The summed E-state index contributed by atoms with van der Waals surface area (Å²) in [7, 11) is 1.43. The molecule has 3 aromatic carbocycles. The molecule has 4 N–H and O–H groups in total. The first-order valence-electron chi connectivity index (χ1n) is 13.7. The Hall–Kier alpha value is -5.59. The van der Waals surface area contributed by atoms with Crippen molar-refractivity contribution in [1.29, 1.82) is 0 Å².